The highest BCUT2D eigenvalue weighted by molar-refractivity contribution is 5.82. The van der Waals surface area contributed by atoms with Crippen molar-refractivity contribution < 1.29 is 17.9 Å². The predicted octanol–water partition coefficient (Wildman–Crippen LogP) is 4.47. The van der Waals surface area contributed by atoms with E-state index in [1.165, 1.54) is 0 Å². The van der Waals surface area contributed by atoms with Crippen LogP contribution in [0.4, 0.5) is 13.2 Å². The molecule has 2 aromatic rings. The van der Waals surface area contributed by atoms with Crippen LogP contribution < -0.4 is 10.1 Å². The number of nitrogens with zero attached hydrogens (tertiary/aromatic N) is 1. The zero-order valence-corrected chi connectivity index (χ0v) is 13.4. The fourth-order valence-electron chi connectivity index (χ4n) is 3.13. The average Bonchev–Trinajstić information content (AvgIpc) is 2.55. The summed E-state index contributed by atoms with van der Waals surface area (Å²) in [7, 11) is 0. The van der Waals surface area contributed by atoms with Gasteiger partial charge in [0.15, 0.2) is 0 Å². The van der Waals surface area contributed by atoms with Gasteiger partial charge in [0, 0.05) is 30.4 Å². The van der Waals surface area contributed by atoms with E-state index >= 15 is 0 Å². The molecule has 24 heavy (non-hydrogen) atoms. The predicted molar refractivity (Wildman–Crippen MR) is 87.1 cm³/mol. The van der Waals surface area contributed by atoms with E-state index in [0.29, 0.717) is 0 Å². The van der Waals surface area contributed by atoms with Crippen LogP contribution in [0.2, 0.25) is 0 Å². The van der Waals surface area contributed by atoms with Gasteiger partial charge in [-0.3, -0.25) is 4.98 Å². The van der Waals surface area contributed by atoms with Gasteiger partial charge in [0.05, 0.1) is 12.5 Å². The minimum Gasteiger partial charge on any atom is -0.490 e. The summed E-state index contributed by atoms with van der Waals surface area (Å²) >= 11 is 0. The minimum absolute atomic E-state index is 0.00159. The maximum atomic E-state index is 12.2. The zero-order chi connectivity index (χ0) is 17.0. The van der Waals surface area contributed by atoms with Crippen molar-refractivity contribution in [2.75, 3.05) is 6.54 Å². The van der Waals surface area contributed by atoms with Crippen LogP contribution in [0.25, 0.3) is 10.8 Å². The van der Waals surface area contributed by atoms with Crippen LogP contribution in [-0.4, -0.2) is 29.9 Å². The molecule has 1 aliphatic rings. The third-order valence-electron chi connectivity index (χ3n) is 4.43. The molecule has 0 spiro atoms. The van der Waals surface area contributed by atoms with E-state index in [4.69, 9.17) is 4.74 Å². The van der Waals surface area contributed by atoms with Gasteiger partial charge in [0.25, 0.3) is 0 Å². The van der Waals surface area contributed by atoms with Gasteiger partial charge in [-0.15, -0.1) is 0 Å². The Bertz CT molecular complexity index is 667. The Kier molecular flexibility index (Phi) is 5.23. The van der Waals surface area contributed by atoms with Gasteiger partial charge in [0.1, 0.15) is 5.75 Å². The number of ether oxygens (including phenoxy) is 1. The normalized spacial score (nSPS) is 21.8. The van der Waals surface area contributed by atoms with E-state index in [2.05, 4.69) is 10.3 Å². The molecule has 3 nitrogen and oxygen atoms in total. The van der Waals surface area contributed by atoms with Gasteiger partial charge < -0.3 is 10.1 Å². The van der Waals surface area contributed by atoms with Crippen molar-refractivity contribution in [2.45, 2.75) is 50.4 Å². The Morgan fingerprint density at radius 3 is 2.62 bits per heavy atom. The standard InChI is InChI=1S/C18H21F3N2O/c19-18(20,21)8-10-23-15-2-5-16(6-3-15)24-17-4-1-14-12-22-9-7-13(14)11-17/h1,4,7,9,11-12,15-16,23H,2-3,5-6,8,10H2/t15-,16+. The molecule has 3 rings (SSSR count). The van der Waals surface area contributed by atoms with Crippen LogP contribution in [0, 0.1) is 0 Å². The van der Waals surface area contributed by atoms with E-state index < -0.39 is 12.6 Å². The van der Waals surface area contributed by atoms with Gasteiger partial charge in [-0.2, -0.15) is 13.2 Å². The molecule has 1 N–H and O–H groups in total. The molecule has 0 bridgehead atoms. The van der Waals surface area contributed by atoms with E-state index in [0.717, 1.165) is 42.2 Å². The fraction of sp³-hybridized carbons (Fsp3) is 0.500. The molecule has 0 atom stereocenters. The third-order valence-corrected chi connectivity index (χ3v) is 4.43. The SMILES string of the molecule is FC(F)(F)CCN[C@H]1CC[C@@H](Oc2ccc3cnccc3c2)CC1. The topological polar surface area (TPSA) is 34.1 Å². The van der Waals surface area contributed by atoms with Crippen molar-refractivity contribution in [3.8, 4) is 5.75 Å². The second kappa shape index (κ2) is 7.38. The van der Waals surface area contributed by atoms with Gasteiger partial charge in [0.2, 0.25) is 0 Å². The molecule has 0 radical (unpaired) electrons. The molecule has 0 amide bonds. The van der Waals surface area contributed by atoms with E-state index in [-0.39, 0.29) is 18.7 Å². The molecule has 1 heterocycles. The van der Waals surface area contributed by atoms with E-state index in [1.54, 1.807) is 6.20 Å². The van der Waals surface area contributed by atoms with Crippen LogP contribution in [-0.2, 0) is 0 Å². The minimum atomic E-state index is -4.08. The van der Waals surface area contributed by atoms with Crippen molar-refractivity contribution in [1.29, 1.82) is 0 Å². The van der Waals surface area contributed by atoms with Crippen molar-refractivity contribution >= 4 is 10.8 Å². The summed E-state index contributed by atoms with van der Waals surface area (Å²) < 4.78 is 42.5. The first-order chi connectivity index (χ1) is 11.5. The first-order valence-electron chi connectivity index (χ1n) is 8.30. The number of halogens is 3. The van der Waals surface area contributed by atoms with Crippen LogP contribution in [0.5, 0.6) is 5.75 Å². The number of hydrogen-bond donors (Lipinski definition) is 1. The summed E-state index contributed by atoms with van der Waals surface area (Å²) in [5.74, 6) is 0.835. The van der Waals surface area contributed by atoms with Crippen LogP contribution >= 0.6 is 0 Å². The highest BCUT2D eigenvalue weighted by Crippen LogP contribution is 2.26. The number of pyridine rings is 1. The lowest BCUT2D eigenvalue weighted by molar-refractivity contribution is -0.133. The summed E-state index contributed by atoms with van der Waals surface area (Å²) in [5.41, 5.74) is 0. The highest BCUT2D eigenvalue weighted by Gasteiger charge is 2.28. The number of fused-ring (bicyclic) bond motifs is 1. The van der Waals surface area contributed by atoms with Gasteiger partial charge in [-0.1, -0.05) is 0 Å². The van der Waals surface area contributed by atoms with E-state index in [1.807, 2.05) is 30.5 Å². The summed E-state index contributed by atoms with van der Waals surface area (Å²) in [6.07, 6.45) is 2.26. The molecule has 1 fully saturated rings. The quantitative estimate of drug-likeness (QED) is 0.873. The summed E-state index contributed by atoms with van der Waals surface area (Å²) in [4.78, 5) is 4.09. The summed E-state index contributed by atoms with van der Waals surface area (Å²) in [5, 5.41) is 5.16. The Hall–Kier alpha value is -1.82. The largest absolute Gasteiger partial charge is 0.490 e. The smallest absolute Gasteiger partial charge is 0.390 e. The first-order valence-corrected chi connectivity index (χ1v) is 8.30. The van der Waals surface area contributed by atoms with Gasteiger partial charge in [-0.05, 0) is 55.3 Å². The molecule has 1 aromatic carbocycles. The average molecular weight is 338 g/mol. The Morgan fingerprint density at radius 1 is 1.08 bits per heavy atom. The Balaban J connectivity index is 1.46. The van der Waals surface area contributed by atoms with Crippen LogP contribution in [0.15, 0.2) is 36.7 Å². The van der Waals surface area contributed by atoms with Crippen molar-refractivity contribution in [3.63, 3.8) is 0 Å². The van der Waals surface area contributed by atoms with Crippen LogP contribution in [0.1, 0.15) is 32.1 Å². The maximum Gasteiger partial charge on any atom is 0.390 e. The second-order valence-electron chi connectivity index (χ2n) is 6.30. The highest BCUT2D eigenvalue weighted by atomic mass is 19.4. The number of nitrogens with one attached hydrogen (secondary N) is 1. The fourth-order valence-corrected chi connectivity index (χ4v) is 3.13. The number of aromatic nitrogens is 1. The molecule has 0 unspecified atom stereocenters. The van der Waals surface area contributed by atoms with E-state index in [9.17, 15) is 13.2 Å². The second-order valence-corrected chi connectivity index (χ2v) is 6.30. The third kappa shape index (κ3) is 4.84. The molecule has 0 saturated heterocycles. The molecule has 6 heteroatoms. The Labute approximate surface area is 139 Å². The van der Waals surface area contributed by atoms with Gasteiger partial charge in [-0.25, -0.2) is 0 Å². The van der Waals surface area contributed by atoms with Crippen LogP contribution in [0.3, 0.4) is 0 Å². The molecular weight excluding hydrogens is 317 g/mol. The zero-order valence-electron chi connectivity index (χ0n) is 13.4. The Morgan fingerprint density at radius 2 is 1.88 bits per heavy atom. The lowest BCUT2D eigenvalue weighted by Gasteiger charge is -2.29. The summed E-state index contributed by atoms with van der Waals surface area (Å²) in [6.45, 7) is -0.00159. The molecular formula is C18H21F3N2O. The van der Waals surface area contributed by atoms with Gasteiger partial charge >= 0.3 is 6.18 Å². The molecule has 130 valence electrons. The maximum absolute atomic E-state index is 12.2. The lowest BCUT2D eigenvalue weighted by atomic mass is 9.93. The molecule has 0 aliphatic heterocycles. The van der Waals surface area contributed by atoms with Crippen molar-refractivity contribution in [1.82, 2.24) is 10.3 Å². The van der Waals surface area contributed by atoms with Crippen molar-refractivity contribution in [3.05, 3.63) is 36.7 Å². The number of alkyl halides is 3. The lowest BCUT2D eigenvalue weighted by Crippen LogP contribution is -2.37. The number of benzene rings is 1. The number of rotatable bonds is 5. The molecule has 1 aromatic heterocycles. The molecule has 1 aliphatic carbocycles. The molecule has 1 saturated carbocycles. The summed E-state index contributed by atoms with van der Waals surface area (Å²) in [6, 6.07) is 8.04. The van der Waals surface area contributed by atoms with Crippen molar-refractivity contribution in [2.24, 2.45) is 0 Å². The first kappa shape index (κ1) is 17.0. The number of hydrogen-bond acceptors (Lipinski definition) is 3. The monoisotopic (exact) mass is 338 g/mol.